The number of rotatable bonds is 6. The maximum absolute atomic E-state index is 12.6. The quantitative estimate of drug-likeness (QED) is 0.212. The normalized spacial score (nSPS) is 13.1. The van der Waals surface area contributed by atoms with E-state index in [1.807, 2.05) is 36.4 Å². The van der Waals surface area contributed by atoms with Crippen LogP contribution in [-0.2, 0) is 19.1 Å². The number of methoxy groups -OCH3 is 1. The predicted molar refractivity (Wildman–Crippen MR) is 127 cm³/mol. The molecule has 0 aliphatic carbocycles. The molecule has 0 spiro atoms. The highest BCUT2D eigenvalue weighted by Gasteiger charge is 2.42. The molecule has 32 heavy (non-hydrogen) atoms. The van der Waals surface area contributed by atoms with E-state index in [-0.39, 0.29) is 12.5 Å². The molecule has 5 heteroatoms. The van der Waals surface area contributed by atoms with Gasteiger partial charge < -0.3 is 9.47 Å². The van der Waals surface area contributed by atoms with Crippen molar-refractivity contribution in [2.45, 2.75) is 17.7 Å². The van der Waals surface area contributed by atoms with Gasteiger partial charge in [-0.3, -0.25) is 0 Å². The Morgan fingerprint density at radius 2 is 1.25 bits per heavy atom. The predicted octanol–water partition coefficient (Wildman–Crippen LogP) is 5.84. The number of hydrogen-bond acceptors (Lipinski definition) is 4. The first kappa shape index (κ1) is 21.8. The van der Waals surface area contributed by atoms with E-state index in [0.717, 1.165) is 32.7 Å². The molecule has 1 atom stereocenters. The summed E-state index contributed by atoms with van der Waals surface area (Å²) in [6, 6.07) is 28.6. The molecule has 4 rings (SSSR count). The summed E-state index contributed by atoms with van der Waals surface area (Å²) in [5, 5.41) is 4.45. The Balaban J connectivity index is 1.71. The third-order valence-electron chi connectivity index (χ3n) is 5.68. The average Bonchev–Trinajstić information content (AvgIpc) is 2.83. The molecule has 4 aromatic rings. The Bertz CT molecular complexity index is 1220. The minimum absolute atomic E-state index is 0.0365. The van der Waals surface area contributed by atoms with Crippen molar-refractivity contribution < 1.29 is 19.1 Å². The van der Waals surface area contributed by atoms with Crippen molar-refractivity contribution in [1.29, 1.82) is 0 Å². The van der Waals surface area contributed by atoms with Gasteiger partial charge in [0.05, 0.1) is 7.11 Å². The van der Waals surface area contributed by atoms with Crippen molar-refractivity contribution in [1.82, 2.24) is 0 Å². The number of hydrogen-bond donors (Lipinski definition) is 0. The molecule has 0 saturated carbocycles. The van der Waals surface area contributed by atoms with Gasteiger partial charge in [0.15, 0.2) is 0 Å². The minimum atomic E-state index is -1.90. The second-order valence-corrected chi connectivity index (χ2v) is 8.61. The summed E-state index contributed by atoms with van der Waals surface area (Å²) in [6.45, 7) is 1.32. The SMILES string of the molecule is COC(=O)[C@](C)(Cl)C(=O)OCC(c1ccc2ccccc2c1)c1ccc2ccccc2c1. The molecular weight excluding hydrogens is 424 g/mol. The summed E-state index contributed by atoms with van der Waals surface area (Å²) in [7, 11) is 1.18. The first-order valence-corrected chi connectivity index (χ1v) is 10.7. The third kappa shape index (κ3) is 4.32. The van der Waals surface area contributed by atoms with E-state index in [2.05, 4.69) is 53.3 Å². The number of esters is 2. The van der Waals surface area contributed by atoms with Crippen LogP contribution < -0.4 is 0 Å². The minimum Gasteiger partial charge on any atom is -0.467 e. The molecule has 0 bridgehead atoms. The van der Waals surface area contributed by atoms with E-state index in [1.165, 1.54) is 14.0 Å². The highest BCUT2D eigenvalue weighted by molar-refractivity contribution is 6.44. The van der Waals surface area contributed by atoms with Crippen molar-refractivity contribution >= 4 is 45.1 Å². The molecule has 0 unspecified atom stereocenters. The molecule has 162 valence electrons. The fourth-order valence-corrected chi connectivity index (χ4v) is 3.94. The van der Waals surface area contributed by atoms with Gasteiger partial charge in [-0.15, -0.1) is 0 Å². The van der Waals surface area contributed by atoms with Gasteiger partial charge in [-0.1, -0.05) is 96.5 Å². The maximum Gasteiger partial charge on any atom is 0.338 e. The van der Waals surface area contributed by atoms with Crippen molar-refractivity contribution in [3.8, 4) is 0 Å². The molecule has 0 aliphatic rings. The van der Waals surface area contributed by atoms with Crippen LogP contribution in [0.25, 0.3) is 21.5 Å². The van der Waals surface area contributed by atoms with E-state index in [0.29, 0.717) is 0 Å². The molecule has 4 nitrogen and oxygen atoms in total. The lowest BCUT2D eigenvalue weighted by Crippen LogP contribution is -2.41. The van der Waals surface area contributed by atoms with Crippen LogP contribution >= 0.6 is 11.6 Å². The van der Waals surface area contributed by atoms with Crippen LogP contribution in [0.4, 0.5) is 0 Å². The number of ether oxygens (including phenoxy) is 2. The molecule has 0 aliphatic heterocycles. The van der Waals surface area contributed by atoms with Gasteiger partial charge in [-0.2, -0.15) is 0 Å². The lowest BCUT2D eigenvalue weighted by molar-refractivity contribution is -0.157. The Morgan fingerprint density at radius 3 is 1.72 bits per heavy atom. The van der Waals surface area contributed by atoms with Crippen LogP contribution in [0.2, 0.25) is 0 Å². The summed E-state index contributed by atoms with van der Waals surface area (Å²) < 4.78 is 10.2. The molecule has 0 aromatic heterocycles. The summed E-state index contributed by atoms with van der Waals surface area (Å²) in [6.07, 6.45) is 0. The number of benzene rings is 4. The van der Waals surface area contributed by atoms with Crippen LogP contribution in [0.15, 0.2) is 84.9 Å². The summed E-state index contributed by atoms with van der Waals surface area (Å²) >= 11 is 6.12. The Labute approximate surface area is 191 Å². The zero-order valence-corrected chi connectivity index (χ0v) is 18.6. The smallest absolute Gasteiger partial charge is 0.338 e. The van der Waals surface area contributed by atoms with Gasteiger partial charge >= 0.3 is 11.9 Å². The molecule has 0 amide bonds. The van der Waals surface area contributed by atoms with Crippen LogP contribution in [0.1, 0.15) is 24.0 Å². The molecule has 0 heterocycles. The van der Waals surface area contributed by atoms with E-state index in [4.69, 9.17) is 16.3 Å². The van der Waals surface area contributed by atoms with Crippen LogP contribution in [0, 0.1) is 0 Å². The van der Waals surface area contributed by atoms with Crippen molar-refractivity contribution in [3.63, 3.8) is 0 Å². The molecule has 0 N–H and O–H groups in total. The van der Waals surface area contributed by atoms with Gasteiger partial charge in [0.1, 0.15) is 6.61 Å². The fraction of sp³-hybridized carbons (Fsp3) is 0.185. The summed E-state index contributed by atoms with van der Waals surface area (Å²) in [5.41, 5.74) is 2.00. The van der Waals surface area contributed by atoms with Crippen molar-refractivity contribution in [2.75, 3.05) is 13.7 Å². The van der Waals surface area contributed by atoms with Gasteiger partial charge in [-0.05, 0) is 39.6 Å². The highest BCUT2D eigenvalue weighted by Crippen LogP contribution is 2.31. The number of halogens is 1. The largest absolute Gasteiger partial charge is 0.467 e. The fourth-order valence-electron chi connectivity index (χ4n) is 3.80. The van der Waals surface area contributed by atoms with Crippen LogP contribution in [0.3, 0.4) is 0 Å². The average molecular weight is 447 g/mol. The number of fused-ring (bicyclic) bond motifs is 2. The standard InChI is InChI=1S/C27H23ClO4/c1-27(28,25(29)31-2)26(30)32-17-24(22-13-11-18-7-3-5-9-20(18)15-22)23-14-12-19-8-4-6-10-21(19)16-23/h3-16,24H,17H2,1-2H3/t27-/m0/s1. The lowest BCUT2D eigenvalue weighted by atomic mass is 9.89. The van der Waals surface area contributed by atoms with E-state index in [1.54, 1.807) is 0 Å². The summed E-state index contributed by atoms with van der Waals surface area (Å²) in [4.78, 5) is 22.6. The van der Waals surface area contributed by atoms with E-state index in [9.17, 15) is 9.59 Å². The van der Waals surface area contributed by atoms with Crippen LogP contribution in [0.5, 0.6) is 0 Å². The van der Waals surface area contributed by atoms with Gasteiger partial charge in [0.2, 0.25) is 4.87 Å². The topological polar surface area (TPSA) is 52.6 Å². The number of carbonyl (C=O) groups is 2. The zero-order chi connectivity index (χ0) is 22.7. The van der Waals surface area contributed by atoms with Gasteiger partial charge in [0.25, 0.3) is 0 Å². The zero-order valence-electron chi connectivity index (χ0n) is 17.9. The monoisotopic (exact) mass is 446 g/mol. The Kier molecular flexibility index (Phi) is 6.15. The van der Waals surface area contributed by atoms with Gasteiger partial charge in [0, 0.05) is 5.92 Å². The van der Waals surface area contributed by atoms with Crippen molar-refractivity contribution in [2.24, 2.45) is 0 Å². The molecule has 0 radical (unpaired) electrons. The third-order valence-corrected chi connectivity index (χ3v) is 5.99. The second kappa shape index (κ2) is 9.01. The lowest BCUT2D eigenvalue weighted by Gasteiger charge is -2.22. The first-order valence-electron chi connectivity index (χ1n) is 10.3. The summed E-state index contributed by atoms with van der Waals surface area (Å²) in [5.74, 6) is -1.92. The van der Waals surface area contributed by atoms with Gasteiger partial charge in [-0.25, -0.2) is 9.59 Å². The Hall–Kier alpha value is -3.37. The molecule has 0 saturated heterocycles. The number of carbonyl (C=O) groups excluding carboxylic acids is 2. The molecule has 4 aromatic carbocycles. The van der Waals surface area contributed by atoms with E-state index >= 15 is 0 Å². The first-order chi connectivity index (χ1) is 15.4. The van der Waals surface area contributed by atoms with Crippen LogP contribution in [-0.4, -0.2) is 30.5 Å². The second-order valence-electron chi connectivity index (χ2n) is 7.86. The Morgan fingerprint density at radius 1 is 0.781 bits per heavy atom. The van der Waals surface area contributed by atoms with Crippen molar-refractivity contribution in [3.05, 3.63) is 96.1 Å². The number of alkyl halides is 1. The highest BCUT2D eigenvalue weighted by atomic mass is 35.5. The molecular formula is C27H23ClO4. The van der Waals surface area contributed by atoms with E-state index < -0.39 is 16.8 Å². The molecule has 0 fully saturated rings. The maximum atomic E-state index is 12.6.